The molecule has 1 saturated carbocycles. The molecule has 1 aliphatic rings. The molecule has 158 valence electrons. The monoisotopic (exact) mass is 426 g/mol. The molecule has 0 saturated heterocycles. The smallest absolute Gasteiger partial charge is 0.00945 e. The number of hydrogen-bond donors (Lipinski definition) is 0. The molecule has 3 atom stereocenters. The first-order chi connectivity index (χ1) is 13.6. The van der Waals surface area contributed by atoms with Gasteiger partial charge in [-0.3, -0.25) is 0 Å². The van der Waals surface area contributed by atoms with Crippen molar-refractivity contribution in [2.24, 2.45) is 5.92 Å². The van der Waals surface area contributed by atoms with Crippen LogP contribution in [-0.4, -0.2) is 24.6 Å². The highest BCUT2D eigenvalue weighted by atomic mass is 31.1. The molecule has 2 heteroatoms. The summed E-state index contributed by atoms with van der Waals surface area (Å²) in [7, 11) is -0.214. The first-order valence-electron chi connectivity index (χ1n) is 11.2. The Morgan fingerprint density at radius 3 is 1.52 bits per heavy atom. The van der Waals surface area contributed by atoms with Gasteiger partial charge in [-0.15, -0.1) is 7.92 Å². The highest BCUT2D eigenvalue weighted by molar-refractivity contribution is 7.73. The SMILES string of the molecule is Cc1cc(P(c2cc(C)c(C)c(C)c2)C2CCCC2[C@@H](C)P(C)C)cc(C)c1C. The van der Waals surface area contributed by atoms with Crippen molar-refractivity contribution in [3.05, 3.63) is 57.6 Å². The second-order valence-electron chi connectivity index (χ2n) is 9.65. The molecule has 2 aromatic rings. The molecule has 2 unspecified atom stereocenters. The minimum atomic E-state index is -0.328. The van der Waals surface area contributed by atoms with Crippen LogP contribution in [0.3, 0.4) is 0 Å². The molecule has 0 nitrogen and oxygen atoms in total. The number of hydrogen-bond acceptors (Lipinski definition) is 0. The maximum absolute atomic E-state index is 2.54. The Bertz CT molecular complexity index is 777. The third-order valence-electron chi connectivity index (χ3n) is 7.68. The standard InChI is InChI=1S/C27H40P2/c1-17-13-24(14-18(2)21(17)5)29(25-15-19(3)22(6)20(4)16-25)27-12-10-11-26(27)23(7)28(8)9/h13-16,23,26-27H,10-12H2,1-9H3/t23-,26?,27?/m1/s1. The quantitative estimate of drug-likeness (QED) is 0.441. The van der Waals surface area contributed by atoms with Gasteiger partial charge >= 0.3 is 0 Å². The van der Waals surface area contributed by atoms with E-state index in [1.165, 1.54) is 52.6 Å². The molecule has 0 N–H and O–H groups in total. The van der Waals surface area contributed by atoms with Crippen LogP contribution in [0.2, 0.25) is 0 Å². The van der Waals surface area contributed by atoms with Crippen molar-refractivity contribution in [3.8, 4) is 0 Å². The summed E-state index contributed by atoms with van der Waals surface area (Å²) in [4.78, 5) is 0. The van der Waals surface area contributed by atoms with Crippen LogP contribution in [0.4, 0.5) is 0 Å². The molecular formula is C27H40P2. The largest absolute Gasteiger partial charge is 0.110 e. The molecule has 3 rings (SSSR count). The van der Waals surface area contributed by atoms with Gasteiger partial charge in [-0.25, -0.2) is 0 Å². The van der Waals surface area contributed by atoms with Crippen LogP contribution in [0.15, 0.2) is 24.3 Å². The van der Waals surface area contributed by atoms with Crippen LogP contribution < -0.4 is 10.6 Å². The number of benzene rings is 2. The highest BCUT2D eigenvalue weighted by Gasteiger charge is 2.39. The van der Waals surface area contributed by atoms with E-state index in [2.05, 4.69) is 86.1 Å². The Hall–Kier alpha value is -0.700. The second kappa shape index (κ2) is 9.20. The lowest BCUT2D eigenvalue weighted by atomic mass is 10.0. The van der Waals surface area contributed by atoms with E-state index in [1.807, 2.05) is 0 Å². The van der Waals surface area contributed by atoms with E-state index >= 15 is 0 Å². The average molecular weight is 427 g/mol. The Morgan fingerprint density at radius 2 is 1.14 bits per heavy atom. The van der Waals surface area contributed by atoms with Crippen molar-refractivity contribution in [3.63, 3.8) is 0 Å². The third kappa shape index (κ3) is 4.65. The van der Waals surface area contributed by atoms with Gasteiger partial charge in [0.05, 0.1) is 0 Å². The van der Waals surface area contributed by atoms with Crippen LogP contribution in [0.25, 0.3) is 0 Å². The molecule has 29 heavy (non-hydrogen) atoms. The maximum atomic E-state index is 2.54. The Labute approximate surface area is 182 Å². The summed E-state index contributed by atoms with van der Waals surface area (Å²) in [6, 6.07) is 10.1. The molecular weight excluding hydrogens is 386 g/mol. The van der Waals surface area contributed by atoms with Crippen LogP contribution in [0.1, 0.15) is 59.6 Å². The minimum Gasteiger partial charge on any atom is -0.110 e. The van der Waals surface area contributed by atoms with Gasteiger partial charge in [0.1, 0.15) is 0 Å². The van der Waals surface area contributed by atoms with Gasteiger partial charge in [-0.1, -0.05) is 37.6 Å². The molecule has 0 bridgehead atoms. The lowest BCUT2D eigenvalue weighted by Gasteiger charge is -2.36. The fourth-order valence-electron chi connectivity index (χ4n) is 5.07. The lowest BCUT2D eigenvalue weighted by molar-refractivity contribution is 0.547. The van der Waals surface area contributed by atoms with E-state index in [-0.39, 0.29) is 15.8 Å². The number of rotatable bonds is 5. The van der Waals surface area contributed by atoms with Crippen molar-refractivity contribution in [2.75, 3.05) is 13.3 Å². The molecule has 0 aromatic heterocycles. The Kier molecular flexibility index (Phi) is 7.29. The molecule has 2 aromatic carbocycles. The Balaban J connectivity index is 2.17. The van der Waals surface area contributed by atoms with Crippen LogP contribution in [0, 0.1) is 47.5 Å². The second-order valence-corrected chi connectivity index (χ2v) is 14.8. The normalized spacial score (nSPS) is 20.7. The van der Waals surface area contributed by atoms with E-state index in [0.717, 1.165) is 17.2 Å². The zero-order valence-corrected chi connectivity index (χ0v) is 21.8. The van der Waals surface area contributed by atoms with Gasteiger partial charge in [0, 0.05) is 0 Å². The predicted molar refractivity (Wildman–Crippen MR) is 137 cm³/mol. The summed E-state index contributed by atoms with van der Waals surface area (Å²) < 4.78 is 0. The molecule has 1 fully saturated rings. The van der Waals surface area contributed by atoms with E-state index in [4.69, 9.17) is 0 Å². The highest BCUT2D eigenvalue weighted by Crippen LogP contribution is 2.55. The van der Waals surface area contributed by atoms with E-state index in [9.17, 15) is 0 Å². The summed E-state index contributed by atoms with van der Waals surface area (Å²) in [6.45, 7) is 21.3. The molecule has 0 radical (unpaired) electrons. The molecule has 0 heterocycles. The van der Waals surface area contributed by atoms with Crippen LogP contribution >= 0.6 is 15.8 Å². The topological polar surface area (TPSA) is 0 Å². The van der Waals surface area contributed by atoms with Crippen LogP contribution in [-0.2, 0) is 0 Å². The van der Waals surface area contributed by atoms with Crippen molar-refractivity contribution in [2.45, 2.75) is 79.0 Å². The van der Waals surface area contributed by atoms with E-state index in [0.29, 0.717) is 0 Å². The molecule has 0 amide bonds. The fraction of sp³-hybridized carbons (Fsp3) is 0.556. The zero-order valence-electron chi connectivity index (χ0n) is 20.1. The molecule has 0 aliphatic heterocycles. The summed E-state index contributed by atoms with van der Waals surface area (Å²) in [5.41, 5.74) is 10.5. The summed E-state index contributed by atoms with van der Waals surface area (Å²) >= 11 is 0. The lowest BCUT2D eigenvalue weighted by Crippen LogP contribution is -2.30. The van der Waals surface area contributed by atoms with Gasteiger partial charge in [-0.2, -0.15) is 0 Å². The predicted octanol–water partition coefficient (Wildman–Crippen LogP) is 7.27. The van der Waals surface area contributed by atoms with Gasteiger partial charge in [0.25, 0.3) is 0 Å². The van der Waals surface area contributed by atoms with Gasteiger partial charge in [-0.05, 0) is 137 Å². The van der Waals surface area contributed by atoms with Crippen LogP contribution in [0.5, 0.6) is 0 Å². The maximum Gasteiger partial charge on any atom is -0.00945 e. The average Bonchev–Trinajstić information content (AvgIpc) is 3.12. The fourth-order valence-corrected chi connectivity index (χ4v) is 9.96. The minimum absolute atomic E-state index is 0.113. The first kappa shape index (κ1) is 23.0. The van der Waals surface area contributed by atoms with Gasteiger partial charge in [0.15, 0.2) is 0 Å². The van der Waals surface area contributed by atoms with Crippen molar-refractivity contribution >= 4 is 26.5 Å². The third-order valence-corrected chi connectivity index (χ3v) is 12.6. The summed E-state index contributed by atoms with van der Waals surface area (Å²) in [6.07, 6.45) is 4.25. The summed E-state index contributed by atoms with van der Waals surface area (Å²) in [5.74, 6) is 0.881. The number of aryl methyl sites for hydroxylation is 4. The zero-order chi connectivity index (χ0) is 21.5. The van der Waals surface area contributed by atoms with E-state index in [1.54, 1.807) is 10.6 Å². The van der Waals surface area contributed by atoms with Crippen molar-refractivity contribution < 1.29 is 0 Å². The van der Waals surface area contributed by atoms with E-state index < -0.39 is 0 Å². The first-order valence-corrected chi connectivity index (χ1v) is 14.9. The molecule has 0 spiro atoms. The van der Waals surface area contributed by atoms with Gasteiger partial charge < -0.3 is 0 Å². The van der Waals surface area contributed by atoms with Crippen molar-refractivity contribution in [1.82, 2.24) is 0 Å². The molecule has 1 aliphatic carbocycles. The van der Waals surface area contributed by atoms with Crippen molar-refractivity contribution in [1.29, 1.82) is 0 Å². The Morgan fingerprint density at radius 1 is 0.724 bits per heavy atom. The van der Waals surface area contributed by atoms with Gasteiger partial charge in [0.2, 0.25) is 0 Å². The summed E-state index contributed by atoms with van der Waals surface area (Å²) in [5, 5.41) is 3.23.